The lowest BCUT2D eigenvalue weighted by Gasteiger charge is -2.26. The number of methoxy groups -OCH3 is 2. The molecule has 0 unspecified atom stereocenters. The first-order valence-corrected chi connectivity index (χ1v) is 10.2. The van der Waals surface area contributed by atoms with Gasteiger partial charge in [0.2, 0.25) is 10.0 Å². The third-order valence-electron chi connectivity index (χ3n) is 3.97. The number of halogens is 3. The molecule has 0 aromatic heterocycles. The minimum Gasteiger partial charge on any atom is -0.354 e. The van der Waals surface area contributed by atoms with Crippen LogP contribution < -0.4 is 0 Å². The predicted octanol–water partition coefficient (Wildman–Crippen LogP) is 3.85. The van der Waals surface area contributed by atoms with E-state index in [1.807, 2.05) is 6.92 Å². The topological polar surface area (TPSA) is 55.8 Å². The Morgan fingerprint density at radius 3 is 2.19 bits per heavy atom. The van der Waals surface area contributed by atoms with Crippen molar-refractivity contribution in [1.82, 2.24) is 4.31 Å². The summed E-state index contributed by atoms with van der Waals surface area (Å²) in [7, 11) is -1.16. The number of benzene rings is 2. The maximum absolute atomic E-state index is 13.7. The molecule has 0 atom stereocenters. The molecule has 2 aromatic rings. The second-order valence-electron chi connectivity index (χ2n) is 5.87. The van der Waals surface area contributed by atoms with Gasteiger partial charge in [0.15, 0.2) is 17.9 Å². The Kier molecular flexibility index (Phi) is 7.47. The van der Waals surface area contributed by atoms with E-state index in [2.05, 4.69) is 15.9 Å². The highest BCUT2D eigenvalue weighted by atomic mass is 79.9. The Bertz CT molecular complexity index is 887. The van der Waals surface area contributed by atoms with E-state index in [-0.39, 0.29) is 28.0 Å². The maximum Gasteiger partial charge on any atom is 0.243 e. The van der Waals surface area contributed by atoms with Crippen LogP contribution in [0.15, 0.2) is 45.8 Å². The summed E-state index contributed by atoms with van der Waals surface area (Å²) < 4.78 is 64.9. The Balaban J connectivity index is 2.45. The maximum atomic E-state index is 13.7. The van der Waals surface area contributed by atoms with Crippen LogP contribution >= 0.6 is 15.9 Å². The van der Waals surface area contributed by atoms with Gasteiger partial charge in [0.1, 0.15) is 0 Å². The van der Waals surface area contributed by atoms with Gasteiger partial charge in [0.25, 0.3) is 0 Å². The second-order valence-corrected chi connectivity index (χ2v) is 8.66. The molecular formula is C18H20BrF2NO4S. The minimum absolute atomic E-state index is 0.0813. The molecule has 0 heterocycles. The monoisotopic (exact) mass is 463 g/mol. The number of sulfonamides is 1. The molecule has 5 nitrogen and oxygen atoms in total. The van der Waals surface area contributed by atoms with Crippen LogP contribution in [0.4, 0.5) is 8.78 Å². The average Bonchev–Trinajstić information content (AvgIpc) is 2.63. The smallest absolute Gasteiger partial charge is 0.243 e. The number of hydrogen-bond donors (Lipinski definition) is 0. The average molecular weight is 464 g/mol. The molecule has 0 aliphatic carbocycles. The van der Waals surface area contributed by atoms with Gasteiger partial charge in [0, 0.05) is 25.2 Å². The van der Waals surface area contributed by atoms with E-state index in [0.29, 0.717) is 0 Å². The Hall–Kier alpha value is -1.39. The summed E-state index contributed by atoms with van der Waals surface area (Å²) in [4.78, 5) is 0.0813. The molecule has 0 N–H and O–H groups in total. The summed E-state index contributed by atoms with van der Waals surface area (Å²) in [5.41, 5.74) is 1.19. The summed E-state index contributed by atoms with van der Waals surface area (Å²) in [6.07, 6.45) is -0.825. The summed E-state index contributed by atoms with van der Waals surface area (Å²) in [5, 5.41) is 0. The number of hydrogen-bond acceptors (Lipinski definition) is 4. The van der Waals surface area contributed by atoms with Gasteiger partial charge in [-0.2, -0.15) is 4.31 Å². The third-order valence-corrected chi connectivity index (χ3v) is 6.54. The Labute approximate surface area is 166 Å². The standard InChI is InChI=1S/C18H20BrF2NO4S/c1-12-4-6-14(7-5-12)27(23,24)22(11-18(25-2)26-3)10-13-8-16(20)17(21)9-15(13)19/h4-9,18H,10-11H2,1-3H3. The van der Waals surface area contributed by atoms with E-state index in [1.54, 1.807) is 12.1 Å². The lowest BCUT2D eigenvalue weighted by atomic mass is 10.2. The normalized spacial score (nSPS) is 12.1. The highest BCUT2D eigenvalue weighted by Gasteiger charge is 2.28. The van der Waals surface area contributed by atoms with E-state index in [9.17, 15) is 17.2 Å². The highest BCUT2D eigenvalue weighted by molar-refractivity contribution is 9.10. The predicted molar refractivity (Wildman–Crippen MR) is 101 cm³/mol. The zero-order valence-electron chi connectivity index (χ0n) is 15.1. The van der Waals surface area contributed by atoms with Crippen LogP contribution in [0.25, 0.3) is 0 Å². The fraction of sp³-hybridized carbons (Fsp3) is 0.333. The molecule has 2 aromatic carbocycles. The molecule has 0 bridgehead atoms. The second kappa shape index (κ2) is 9.20. The van der Waals surface area contributed by atoms with E-state index in [4.69, 9.17) is 9.47 Å². The molecule has 2 rings (SSSR count). The van der Waals surface area contributed by atoms with Crippen molar-refractivity contribution < 1.29 is 26.7 Å². The molecule has 27 heavy (non-hydrogen) atoms. The van der Waals surface area contributed by atoms with Crippen molar-refractivity contribution >= 4 is 26.0 Å². The first kappa shape index (κ1) is 21.9. The summed E-state index contributed by atoms with van der Waals surface area (Å²) in [5.74, 6) is -2.08. The fourth-order valence-corrected chi connectivity index (χ4v) is 4.24. The van der Waals surface area contributed by atoms with Gasteiger partial charge in [0.05, 0.1) is 11.4 Å². The SMILES string of the molecule is COC(CN(Cc1cc(F)c(F)cc1Br)S(=O)(=O)c1ccc(C)cc1)OC. The summed E-state index contributed by atoms with van der Waals surface area (Å²) in [6.45, 7) is 1.52. The lowest BCUT2D eigenvalue weighted by Crippen LogP contribution is -2.38. The van der Waals surface area contributed by atoms with Crippen LogP contribution in [0.5, 0.6) is 0 Å². The number of nitrogens with zero attached hydrogens (tertiary/aromatic N) is 1. The molecule has 0 saturated heterocycles. The molecular weight excluding hydrogens is 444 g/mol. The molecule has 0 aliphatic heterocycles. The van der Waals surface area contributed by atoms with Crippen molar-refractivity contribution in [2.24, 2.45) is 0 Å². The number of ether oxygens (including phenoxy) is 2. The molecule has 148 valence electrons. The lowest BCUT2D eigenvalue weighted by molar-refractivity contribution is -0.108. The summed E-state index contributed by atoms with van der Waals surface area (Å²) in [6, 6.07) is 8.28. The Morgan fingerprint density at radius 2 is 1.63 bits per heavy atom. The van der Waals surface area contributed by atoms with Crippen LogP contribution in [-0.2, 0) is 26.0 Å². The highest BCUT2D eigenvalue weighted by Crippen LogP contribution is 2.26. The van der Waals surface area contributed by atoms with Crippen LogP contribution in [0.1, 0.15) is 11.1 Å². The van der Waals surface area contributed by atoms with Crippen molar-refractivity contribution in [2.45, 2.75) is 24.7 Å². The van der Waals surface area contributed by atoms with Gasteiger partial charge in [-0.15, -0.1) is 0 Å². The van der Waals surface area contributed by atoms with Crippen molar-refractivity contribution in [3.63, 3.8) is 0 Å². The molecule has 0 fully saturated rings. The largest absolute Gasteiger partial charge is 0.354 e. The van der Waals surface area contributed by atoms with Crippen LogP contribution in [0.3, 0.4) is 0 Å². The molecule has 0 aliphatic rings. The van der Waals surface area contributed by atoms with E-state index in [1.165, 1.54) is 26.4 Å². The van der Waals surface area contributed by atoms with Crippen molar-refractivity contribution in [3.8, 4) is 0 Å². The minimum atomic E-state index is -3.93. The Morgan fingerprint density at radius 1 is 1.07 bits per heavy atom. The van der Waals surface area contributed by atoms with Gasteiger partial charge in [-0.3, -0.25) is 0 Å². The first-order valence-electron chi connectivity index (χ1n) is 7.95. The quantitative estimate of drug-likeness (QED) is 0.440. The van der Waals surface area contributed by atoms with Gasteiger partial charge in [-0.1, -0.05) is 33.6 Å². The van der Waals surface area contributed by atoms with Gasteiger partial charge < -0.3 is 9.47 Å². The van der Waals surface area contributed by atoms with E-state index < -0.39 is 27.9 Å². The third kappa shape index (κ3) is 5.32. The molecule has 0 saturated carbocycles. The van der Waals surface area contributed by atoms with E-state index >= 15 is 0 Å². The van der Waals surface area contributed by atoms with Crippen LogP contribution in [-0.4, -0.2) is 39.8 Å². The van der Waals surface area contributed by atoms with Crippen molar-refractivity contribution in [2.75, 3.05) is 20.8 Å². The number of rotatable bonds is 8. The fourth-order valence-electron chi connectivity index (χ4n) is 2.39. The van der Waals surface area contributed by atoms with Crippen LogP contribution in [0.2, 0.25) is 0 Å². The van der Waals surface area contributed by atoms with Gasteiger partial charge >= 0.3 is 0 Å². The molecule has 9 heteroatoms. The van der Waals surface area contributed by atoms with Gasteiger partial charge in [-0.05, 0) is 36.8 Å². The van der Waals surface area contributed by atoms with Crippen molar-refractivity contribution in [3.05, 3.63) is 63.6 Å². The number of aryl methyl sites for hydroxylation is 1. The molecule has 0 radical (unpaired) electrons. The van der Waals surface area contributed by atoms with Gasteiger partial charge in [-0.25, -0.2) is 17.2 Å². The van der Waals surface area contributed by atoms with Crippen LogP contribution in [0, 0.1) is 18.6 Å². The molecule has 0 amide bonds. The zero-order chi connectivity index (χ0) is 20.2. The first-order chi connectivity index (χ1) is 12.7. The van der Waals surface area contributed by atoms with E-state index in [0.717, 1.165) is 22.0 Å². The zero-order valence-corrected chi connectivity index (χ0v) is 17.5. The molecule has 0 spiro atoms. The van der Waals surface area contributed by atoms with Crippen molar-refractivity contribution in [1.29, 1.82) is 0 Å². The summed E-state index contributed by atoms with van der Waals surface area (Å²) >= 11 is 3.15.